The fraction of sp³-hybridized carbons (Fsp3) is 0.462. The summed E-state index contributed by atoms with van der Waals surface area (Å²) in [5.41, 5.74) is 1.11. The van der Waals surface area contributed by atoms with Crippen LogP contribution in [0, 0.1) is 0 Å². The minimum Gasteiger partial charge on any atom is -0.497 e. The predicted molar refractivity (Wildman–Crippen MR) is 62.6 cm³/mol. The number of carbonyl (C=O) groups excluding carboxylic acids is 1. The summed E-state index contributed by atoms with van der Waals surface area (Å²) in [7, 11) is 1.65. The highest BCUT2D eigenvalue weighted by atomic mass is 16.5. The fourth-order valence-corrected chi connectivity index (χ4v) is 1.33. The Bertz CT molecular complexity index is 316. The van der Waals surface area contributed by atoms with Crippen molar-refractivity contribution in [2.24, 2.45) is 0 Å². The first-order chi connectivity index (χ1) is 7.72. The molecule has 3 heteroatoms. The summed E-state index contributed by atoms with van der Waals surface area (Å²) in [6, 6.07) is 7.77. The van der Waals surface area contributed by atoms with Crippen LogP contribution >= 0.6 is 0 Å². The largest absolute Gasteiger partial charge is 0.497 e. The second-order valence-corrected chi connectivity index (χ2v) is 3.71. The number of carbonyl (C=O) groups is 1. The van der Waals surface area contributed by atoms with Gasteiger partial charge in [0, 0.05) is 13.0 Å². The molecule has 0 saturated heterocycles. The Morgan fingerprint density at radius 1 is 1.25 bits per heavy atom. The van der Waals surface area contributed by atoms with Gasteiger partial charge in [0.2, 0.25) is 0 Å². The van der Waals surface area contributed by atoms with Gasteiger partial charge < -0.3 is 14.3 Å². The lowest BCUT2D eigenvalue weighted by Gasteiger charge is -2.04. The third kappa shape index (κ3) is 4.94. The average Bonchev–Trinajstić information content (AvgIpc) is 2.29. The van der Waals surface area contributed by atoms with Crippen molar-refractivity contribution in [1.29, 1.82) is 0 Å². The minimum atomic E-state index is 0.216. The van der Waals surface area contributed by atoms with Gasteiger partial charge in [-0.3, -0.25) is 0 Å². The molecule has 0 fully saturated rings. The average molecular weight is 222 g/mol. The zero-order valence-electron chi connectivity index (χ0n) is 9.86. The molecule has 0 aliphatic carbocycles. The smallest absolute Gasteiger partial charge is 0.129 e. The molecule has 3 nitrogen and oxygen atoms in total. The van der Waals surface area contributed by atoms with Crippen LogP contribution in [0.15, 0.2) is 24.3 Å². The van der Waals surface area contributed by atoms with Crippen molar-refractivity contribution in [1.82, 2.24) is 0 Å². The Morgan fingerprint density at radius 2 is 1.94 bits per heavy atom. The number of ether oxygens (including phenoxy) is 2. The van der Waals surface area contributed by atoms with Crippen molar-refractivity contribution in [2.45, 2.75) is 26.4 Å². The second kappa shape index (κ2) is 7.01. The molecule has 0 aliphatic rings. The molecule has 0 aliphatic heterocycles. The molecular formula is C13H18O3. The summed E-state index contributed by atoms with van der Waals surface area (Å²) in [5.74, 6) is 1.06. The summed E-state index contributed by atoms with van der Waals surface area (Å²) >= 11 is 0. The summed E-state index contributed by atoms with van der Waals surface area (Å²) in [5, 5.41) is 0. The number of ketones is 1. The molecule has 0 heterocycles. The molecule has 88 valence electrons. The maximum Gasteiger partial charge on any atom is 0.129 e. The van der Waals surface area contributed by atoms with Crippen molar-refractivity contribution in [2.75, 3.05) is 13.7 Å². The molecular weight excluding hydrogens is 204 g/mol. The zero-order valence-corrected chi connectivity index (χ0v) is 9.86. The Kier molecular flexibility index (Phi) is 5.57. The third-order valence-corrected chi connectivity index (χ3v) is 2.25. The maximum atomic E-state index is 10.7. The molecule has 0 amide bonds. The maximum absolute atomic E-state index is 10.7. The van der Waals surface area contributed by atoms with E-state index in [2.05, 4.69) is 0 Å². The molecule has 16 heavy (non-hydrogen) atoms. The topological polar surface area (TPSA) is 35.5 Å². The minimum absolute atomic E-state index is 0.216. The van der Waals surface area contributed by atoms with Gasteiger partial charge in [0.25, 0.3) is 0 Å². The predicted octanol–water partition coefficient (Wildman–Crippen LogP) is 2.58. The molecule has 1 aromatic rings. The van der Waals surface area contributed by atoms with E-state index in [0.29, 0.717) is 19.6 Å². The van der Waals surface area contributed by atoms with Crippen molar-refractivity contribution in [3.8, 4) is 5.75 Å². The van der Waals surface area contributed by atoms with E-state index in [0.717, 1.165) is 17.7 Å². The van der Waals surface area contributed by atoms with Crippen molar-refractivity contribution in [3.63, 3.8) is 0 Å². The molecule has 0 atom stereocenters. The van der Waals surface area contributed by atoms with Gasteiger partial charge in [-0.1, -0.05) is 12.1 Å². The van der Waals surface area contributed by atoms with E-state index in [-0.39, 0.29) is 5.78 Å². The van der Waals surface area contributed by atoms with E-state index >= 15 is 0 Å². The molecule has 0 unspecified atom stereocenters. The fourth-order valence-electron chi connectivity index (χ4n) is 1.33. The van der Waals surface area contributed by atoms with E-state index in [9.17, 15) is 4.79 Å². The Hall–Kier alpha value is -1.35. The first-order valence-corrected chi connectivity index (χ1v) is 5.42. The van der Waals surface area contributed by atoms with Crippen LogP contribution in [0.5, 0.6) is 5.75 Å². The van der Waals surface area contributed by atoms with Gasteiger partial charge in [-0.2, -0.15) is 0 Å². The molecule has 1 aromatic carbocycles. The van der Waals surface area contributed by atoms with Gasteiger partial charge in [-0.15, -0.1) is 0 Å². The van der Waals surface area contributed by atoms with Crippen LogP contribution in [0.25, 0.3) is 0 Å². The lowest BCUT2D eigenvalue weighted by atomic mass is 10.2. The van der Waals surface area contributed by atoms with Gasteiger partial charge in [-0.25, -0.2) is 0 Å². The zero-order chi connectivity index (χ0) is 11.8. The quantitative estimate of drug-likeness (QED) is 0.665. The number of rotatable bonds is 7. The van der Waals surface area contributed by atoms with Crippen LogP contribution in [-0.2, 0) is 16.1 Å². The molecule has 0 saturated carbocycles. The molecule has 0 N–H and O–H groups in total. The molecule has 1 rings (SSSR count). The molecule has 0 aromatic heterocycles. The van der Waals surface area contributed by atoms with Crippen LogP contribution in [0.4, 0.5) is 0 Å². The summed E-state index contributed by atoms with van der Waals surface area (Å²) in [6.45, 7) is 2.82. The van der Waals surface area contributed by atoms with Gasteiger partial charge in [0.05, 0.1) is 13.7 Å². The van der Waals surface area contributed by atoms with Crippen LogP contribution < -0.4 is 4.74 Å². The number of benzene rings is 1. The lowest BCUT2D eigenvalue weighted by Crippen LogP contribution is -1.98. The normalized spacial score (nSPS) is 10.1. The standard InChI is InChI=1S/C13H18O3/c1-11(14)4-3-9-16-10-12-5-7-13(15-2)8-6-12/h5-8H,3-4,9-10H2,1-2H3. The number of hydrogen-bond donors (Lipinski definition) is 0. The number of hydrogen-bond acceptors (Lipinski definition) is 3. The van der Waals surface area contributed by atoms with Gasteiger partial charge >= 0.3 is 0 Å². The second-order valence-electron chi connectivity index (χ2n) is 3.71. The highest BCUT2D eigenvalue weighted by molar-refractivity contribution is 5.75. The van der Waals surface area contributed by atoms with Gasteiger partial charge in [0.15, 0.2) is 0 Å². The molecule has 0 bridgehead atoms. The first-order valence-electron chi connectivity index (χ1n) is 5.42. The third-order valence-electron chi connectivity index (χ3n) is 2.25. The van der Waals surface area contributed by atoms with Crippen molar-refractivity contribution >= 4 is 5.78 Å². The first kappa shape index (κ1) is 12.7. The molecule has 0 spiro atoms. The van der Waals surface area contributed by atoms with Gasteiger partial charge in [0.1, 0.15) is 11.5 Å². The van der Waals surface area contributed by atoms with Crippen molar-refractivity contribution in [3.05, 3.63) is 29.8 Å². The van der Waals surface area contributed by atoms with E-state index < -0.39 is 0 Å². The number of methoxy groups -OCH3 is 1. The summed E-state index contributed by atoms with van der Waals surface area (Å²) in [6.07, 6.45) is 1.40. The van der Waals surface area contributed by atoms with Crippen LogP contribution in [-0.4, -0.2) is 19.5 Å². The monoisotopic (exact) mass is 222 g/mol. The van der Waals surface area contributed by atoms with E-state index in [4.69, 9.17) is 9.47 Å². The van der Waals surface area contributed by atoms with Crippen molar-refractivity contribution < 1.29 is 14.3 Å². The van der Waals surface area contributed by atoms with E-state index in [1.165, 1.54) is 0 Å². The Morgan fingerprint density at radius 3 is 2.50 bits per heavy atom. The number of Topliss-reactive ketones (excluding diaryl/α,β-unsaturated/α-hetero) is 1. The molecule has 0 radical (unpaired) electrons. The van der Waals surface area contributed by atoms with Gasteiger partial charge in [-0.05, 0) is 31.0 Å². The Balaban J connectivity index is 2.19. The van der Waals surface area contributed by atoms with E-state index in [1.54, 1.807) is 14.0 Å². The lowest BCUT2D eigenvalue weighted by molar-refractivity contribution is -0.117. The summed E-state index contributed by atoms with van der Waals surface area (Å²) in [4.78, 5) is 10.7. The SMILES string of the molecule is COc1ccc(COCCCC(C)=O)cc1. The highest BCUT2D eigenvalue weighted by Gasteiger charge is 1.96. The summed E-state index contributed by atoms with van der Waals surface area (Å²) < 4.78 is 10.5. The van der Waals surface area contributed by atoms with Crippen LogP contribution in [0.3, 0.4) is 0 Å². The van der Waals surface area contributed by atoms with E-state index in [1.807, 2.05) is 24.3 Å². The highest BCUT2D eigenvalue weighted by Crippen LogP contribution is 2.11. The Labute approximate surface area is 96.4 Å². The van der Waals surface area contributed by atoms with Crippen LogP contribution in [0.2, 0.25) is 0 Å². The van der Waals surface area contributed by atoms with Crippen LogP contribution in [0.1, 0.15) is 25.3 Å².